The molecule has 0 atom stereocenters. The second-order valence-electron chi connectivity index (χ2n) is 14.6. The molecule has 8 aromatic carbocycles. The average molecular weight is 729 g/mol. The molecular weight excluding hydrogens is 697 g/mol. The molecule has 4 aromatic heterocycles. The van der Waals surface area contributed by atoms with E-state index in [9.17, 15) is 0 Å². The summed E-state index contributed by atoms with van der Waals surface area (Å²) in [5.41, 5.74) is 12.3. The van der Waals surface area contributed by atoms with Gasteiger partial charge in [0.05, 0.1) is 33.1 Å². The molecule has 4 heterocycles. The molecule has 12 aromatic rings. The fourth-order valence-corrected chi connectivity index (χ4v) is 8.81. The normalized spacial score (nSPS) is 11.9. The van der Waals surface area contributed by atoms with Gasteiger partial charge in [-0.05, 0) is 48.0 Å². The van der Waals surface area contributed by atoms with Gasteiger partial charge in [-0.1, -0.05) is 146 Å². The second kappa shape index (κ2) is 12.4. The van der Waals surface area contributed by atoms with Crippen LogP contribution in [0.3, 0.4) is 0 Å². The van der Waals surface area contributed by atoms with Crippen LogP contribution in [-0.4, -0.2) is 19.1 Å². The Labute approximate surface area is 327 Å². The maximum atomic E-state index is 6.84. The largest absolute Gasteiger partial charge is 0.455 e. The van der Waals surface area contributed by atoms with E-state index < -0.39 is 0 Å². The minimum atomic E-state index is 0.665. The Kier molecular flexibility index (Phi) is 6.86. The van der Waals surface area contributed by atoms with Crippen LogP contribution in [0.5, 0.6) is 0 Å². The van der Waals surface area contributed by atoms with Gasteiger partial charge in [0, 0.05) is 55.4 Å². The summed E-state index contributed by atoms with van der Waals surface area (Å²) < 4.78 is 11.5. The number of rotatable bonds is 5. The van der Waals surface area contributed by atoms with Gasteiger partial charge in [0.2, 0.25) is 0 Å². The molecule has 5 heteroatoms. The van der Waals surface area contributed by atoms with Crippen LogP contribution in [-0.2, 0) is 0 Å². The lowest BCUT2D eigenvalue weighted by molar-refractivity contribution is 0.673. The van der Waals surface area contributed by atoms with Gasteiger partial charge in [-0.2, -0.15) is 0 Å². The summed E-state index contributed by atoms with van der Waals surface area (Å²) in [6.07, 6.45) is 0. The summed E-state index contributed by atoms with van der Waals surface area (Å²) >= 11 is 0. The number of fused-ring (bicyclic) bond motifs is 10. The Hall–Kier alpha value is -7.76. The summed E-state index contributed by atoms with van der Waals surface area (Å²) in [7, 11) is 0. The van der Waals surface area contributed by atoms with Gasteiger partial charge in [0.15, 0.2) is 5.82 Å². The third kappa shape index (κ3) is 4.82. The Morgan fingerprint density at radius 2 is 1.02 bits per heavy atom. The van der Waals surface area contributed by atoms with Gasteiger partial charge in [0.1, 0.15) is 17.0 Å². The lowest BCUT2D eigenvalue weighted by Gasteiger charge is -2.15. The smallest absolute Gasteiger partial charge is 0.162 e. The van der Waals surface area contributed by atoms with Crippen LogP contribution in [0.1, 0.15) is 0 Å². The molecule has 0 amide bonds. The van der Waals surface area contributed by atoms with Crippen molar-refractivity contribution >= 4 is 65.6 Å². The van der Waals surface area contributed by atoms with Crippen LogP contribution in [0.4, 0.5) is 0 Å². The highest BCUT2D eigenvalue weighted by Gasteiger charge is 2.25. The Bertz CT molecular complexity index is 3450. The minimum absolute atomic E-state index is 0.665. The lowest BCUT2D eigenvalue weighted by Crippen LogP contribution is -2.03. The number of aromatic nitrogens is 4. The molecule has 12 rings (SSSR count). The van der Waals surface area contributed by atoms with Gasteiger partial charge in [-0.15, -0.1) is 0 Å². The molecule has 0 aliphatic carbocycles. The molecular formula is C52H32N4O. The van der Waals surface area contributed by atoms with E-state index in [0.717, 1.165) is 88.7 Å². The zero-order valence-electron chi connectivity index (χ0n) is 30.7. The molecule has 0 saturated heterocycles. The van der Waals surface area contributed by atoms with Crippen molar-refractivity contribution in [2.24, 2.45) is 0 Å². The summed E-state index contributed by atoms with van der Waals surface area (Å²) in [6, 6.07) is 68.3. The first-order valence-corrected chi connectivity index (χ1v) is 19.3. The molecule has 0 spiro atoms. The molecule has 5 nitrogen and oxygen atoms in total. The third-order valence-corrected chi connectivity index (χ3v) is 11.3. The van der Waals surface area contributed by atoms with Crippen LogP contribution >= 0.6 is 0 Å². The number of para-hydroxylation sites is 4. The van der Waals surface area contributed by atoms with Crippen LogP contribution < -0.4 is 0 Å². The van der Waals surface area contributed by atoms with Crippen molar-refractivity contribution in [1.82, 2.24) is 19.1 Å². The van der Waals surface area contributed by atoms with Crippen molar-refractivity contribution in [1.29, 1.82) is 0 Å². The topological polar surface area (TPSA) is 48.8 Å². The van der Waals surface area contributed by atoms with Crippen LogP contribution in [0.15, 0.2) is 199 Å². The van der Waals surface area contributed by atoms with Crippen molar-refractivity contribution in [2.75, 3.05) is 0 Å². The Morgan fingerprint density at radius 1 is 0.404 bits per heavy atom. The number of furan rings is 1. The Morgan fingerprint density at radius 3 is 1.79 bits per heavy atom. The summed E-state index contributed by atoms with van der Waals surface area (Å²) in [4.78, 5) is 10.5. The molecule has 0 N–H and O–H groups in total. The molecule has 0 fully saturated rings. The monoisotopic (exact) mass is 728 g/mol. The van der Waals surface area contributed by atoms with Gasteiger partial charge >= 0.3 is 0 Å². The van der Waals surface area contributed by atoms with Crippen molar-refractivity contribution < 1.29 is 4.42 Å². The predicted molar refractivity (Wildman–Crippen MR) is 234 cm³/mol. The van der Waals surface area contributed by atoms with E-state index in [0.29, 0.717) is 5.82 Å². The highest BCUT2D eigenvalue weighted by Crippen LogP contribution is 2.46. The van der Waals surface area contributed by atoms with Crippen molar-refractivity contribution in [2.45, 2.75) is 0 Å². The molecule has 0 radical (unpaired) electrons. The zero-order chi connectivity index (χ0) is 37.5. The highest BCUT2D eigenvalue weighted by atomic mass is 16.3. The third-order valence-electron chi connectivity index (χ3n) is 11.3. The van der Waals surface area contributed by atoms with Crippen LogP contribution in [0, 0.1) is 0 Å². The zero-order valence-corrected chi connectivity index (χ0v) is 30.7. The fraction of sp³-hybridized carbons (Fsp3) is 0. The van der Waals surface area contributed by atoms with Gasteiger partial charge in [0.25, 0.3) is 0 Å². The maximum Gasteiger partial charge on any atom is 0.162 e. The number of hydrogen-bond donors (Lipinski definition) is 0. The predicted octanol–water partition coefficient (Wildman–Crippen LogP) is 13.6. The molecule has 0 saturated carbocycles. The molecule has 0 unspecified atom stereocenters. The average Bonchev–Trinajstić information content (AvgIpc) is 3.94. The van der Waals surface area contributed by atoms with E-state index in [1.807, 2.05) is 30.3 Å². The number of hydrogen-bond acceptors (Lipinski definition) is 3. The van der Waals surface area contributed by atoms with Crippen molar-refractivity contribution in [3.63, 3.8) is 0 Å². The summed E-state index contributed by atoms with van der Waals surface area (Å²) in [6.45, 7) is 0. The fourth-order valence-electron chi connectivity index (χ4n) is 8.81. The molecule has 0 aliphatic rings. The molecule has 266 valence electrons. The van der Waals surface area contributed by atoms with Gasteiger partial charge in [-0.3, -0.25) is 4.57 Å². The SMILES string of the molecule is c1ccc(-c2cc(-n3c4ccccc4c4c5oc6ccccc6c5cc(-c5ccc6c7ccccc7n(-c7ccccc7)c6c5)c43)nc(-c3ccccc3)n2)cc1. The van der Waals surface area contributed by atoms with Crippen LogP contribution in [0.25, 0.3) is 111 Å². The summed E-state index contributed by atoms with van der Waals surface area (Å²) in [5.74, 6) is 1.45. The standard InChI is InChI=1S/C52H32N4O/c1-4-16-33(17-5-1)43-32-48(54-52(53-43)34-18-6-2-7-19-34)56-45-26-14-11-24-40(45)49-50(56)41(31-42-39-23-12-15-27-47(39)57-51(42)49)35-28-29-38-37-22-10-13-25-44(37)55(46(38)30-35)36-20-8-3-9-21-36/h1-32H. The van der Waals surface area contributed by atoms with E-state index in [2.05, 4.69) is 173 Å². The lowest BCUT2D eigenvalue weighted by atomic mass is 9.97. The quantitative estimate of drug-likeness (QED) is 0.177. The minimum Gasteiger partial charge on any atom is -0.455 e. The van der Waals surface area contributed by atoms with E-state index in [1.54, 1.807) is 0 Å². The van der Waals surface area contributed by atoms with Crippen molar-refractivity contribution in [3.8, 4) is 45.3 Å². The first kappa shape index (κ1) is 31.6. The van der Waals surface area contributed by atoms with E-state index in [-0.39, 0.29) is 0 Å². The molecule has 57 heavy (non-hydrogen) atoms. The van der Waals surface area contributed by atoms with Gasteiger partial charge < -0.3 is 8.98 Å². The first-order chi connectivity index (χ1) is 28.3. The second-order valence-corrected chi connectivity index (χ2v) is 14.6. The van der Waals surface area contributed by atoms with Gasteiger partial charge in [-0.25, -0.2) is 9.97 Å². The summed E-state index contributed by atoms with van der Waals surface area (Å²) in [5, 5.41) is 6.75. The highest BCUT2D eigenvalue weighted by molar-refractivity contribution is 6.27. The van der Waals surface area contributed by atoms with Crippen molar-refractivity contribution in [3.05, 3.63) is 194 Å². The van der Waals surface area contributed by atoms with Crippen LogP contribution in [0.2, 0.25) is 0 Å². The Balaban J connectivity index is 1.24. The van der Waals surface area contributed by atoms with E-state index in [1.165, 1.54) is 16.3 Å². The molecule has 0 aliphatic heterocycles. The van der Waals surface area contributed by atoms with E-state index >= 15 is 0 Å². The molecule has 0 bridgehead atoms. The first-order valence-electron chi connectivity index (χ1n) is 19.3. The maximum absolute atomic E-state index is 6.84. The number of benzene rings is 8. The number of nitrogens with zero attached hydrogens (tertiary/aromatic N) is 4. The van der Waals surface area contributed by atoms with E-state index in [4.69, 9.17) is 14.4 Å².